The van der Waals surface area contributed by atoms with Gasteiger partial charge in [0.25, 0.3) is 5.91 Å². The third-order valence-corrected chi connectivity index (χ3v) is 7.99. The van der Waals surface area contributed by atoms with Gasteiger partial charge in [-0.1, -0.05) is 77.3 Å². The lowest BCUT2D eigenvalue weighted by Crippen LogP contribution is -2.19. The highest BCUT2D eigenvalue weighted by molar-refractivity contribution is 8.03. The topological polar surface area (TPSA) is 85.7 Å². The third-order valence-electron chi connectivity index (χ3n) is 4.76. The molecule has 0 radical (unpaired) electrons. The van der Waals surface area contributed by atoms with E-state index in [0.717, 1.165) is 20.0 Å². The van der Waals surface area contributed by atoms with Crippen LogP contribution in [0.4, 0.5) is 0 Å². The molecule has 0 aliphatic rings. The number of aromatic nitrogens is 2. The molecule has 34 heavy (non-hydrogen) atoms. The largest absolute Gasteiger partial charge is 0.493 e. The monoisotopic (exact) mass is 510 g/mol. The molecular weight excluding hydrogens is 488 g/mol. The van der Waals surface area contributed by atoms with E-state index in [2.05, 4.69) is 57.1 Å². The van der Waals surface area contributed by atoms with E-state index in [0.29, 0.717) is 11.5 Å². The second-order valence-electron chi connectivity index (χ2n) is 6.96. The first kappa shape index (κ1) is 24.1. The van der Waals surface area contributed by atoms with Crippen molar-refractivity contribution in [3.8, 4) is 11.5 Å². The summed E-state index contributed by atoms with van der Waals surface area (Å²) < 4.78 is 12.1. The molecule has 0 unspecified atom stereocenters. The molecule has 7 nitrogen and oxygen atoms in total. The number of methoxy groups -OCH3 is 2. The first-order valence-electron chi connectivity index (χ1n) is 10.3. The zero-order chi connectivity index (χ0) is 23.8. The molecule has 1 N–H and O–H groups in total. The molecule has 0 saturated carbocycles. The minimum absolute atomic E-state index is 0.200. The van der Waals surface area contributed by atoms with Crippen LogP contribution in [0.15, 0.2) is 74.4 Å². The van der Waals surface area contributed by atoms with Crippen LogP contribution in [-0.4, -0.2) is 42.3 Å². The van der Waals surface area contributed by atoms with Gasteiger partial charge >= 0.3 is 0 Å². The Bertz CT molecular complexity index is 1300. The van der Waals surface area contributed by atoms with E-state index in [1.807, 2.05) is 12.1 Å². The van der Waals surface area contributed by atoms with Gasteiger partial charge in [0.05, 0.1) is 26.2 Å². The van der Waals surface area contributed by atoms with Crippen LogP contribution in [0.5, 0.6) is 11.5 Å². The molecule has 1 aromatic heterocycles. The van der Waals surface area contributed by atoms with Crippen molar-refractivity contribution in [2.45, 2.75) is 14.4 Å². The Labute approximate surface area is 210 Å². The lowest BCUT2D eigenvalue weighted by molar-refractivity contribution is -0.118. The Morgan fingerprint density at radius 3 is 2.59 bits per heavy atom. The molecule has 0 saturated heterocycles. The van der Waals surface area contributed by atoms with Crippen molar-refractivity contribution in [1.29, 1.82) is 0 Å². The van der Waals surface area contributed by atoms with Gasteiger partial charge in [0.2, 0.25) is 0 Å². The first-order chi connectivity index (χ1) is 16.7. The normalized spacial score (nSPS) is 11.1. The smallest absolute Gasteiger partial charge is 0.250 e. The molecule has 3 aromatic carbocycles. The molecular formula is C24H22N4O3S3. The van der Waals surface area contributed by atoms with E-state index in [1.165, 1.54) is 39.4 Å². The number of thioether (sulfide) groups is 2. The van der Waals surface area contributed by atoms with Gasteiger partial charge in [-0.15, -0.1) is 10.2 Å². The Morgan fingerprint density at radius 2 is 1.76 bits per heavy atom. The standard InChI is InChI=1S/C24H22N4O3S3/c1-30-20-11-10-16(12-21(20)31-2)13-25-26-22(29)15-33-24-28-27-23(34-24)32-14-18-8-5-7-17-6-3-4-9-19(17)18/h3-13H,14-15H2,1-2H3,(H,26,29)/b25-13+. The molecule has 0 atom stereocenters. The van der Waals surface area contributed by atoms with Gasteiger partial charge in [0, 0.05) is 5.75 Å². The maximum Gasteiger partial charge on any atom is 0.250 e. The number of ether oxygens (including phenoxy) is 2. The van der Waals surface area contributed by atoms with Crippen molar-refractivity contribution in [2.75, 3.05) is 20.0 Å². The van der Waals surface area contributed by atoms with Crippen molar-refractivity contribution < 1.29 is 14.3 Å². The molecule has 1 amide bonds. The molecule has 4 rings (SSSR count). The second kappa shape index (κ2) is 11.9. The zero-order valence-corrected chi connectivity index (χ0v) is 21.0. The quantitative estimate of drug-likeness (QED) is 0.177. The maximum atomic E-state index is 12.1. The number of carbonyl (C=O) groups is 1. The van der Waals surface area contributed by atoms with Crippen LogP contribution >= 0.6 is 34.9 Å². The molecule has 4 aromatic rings. The fraction of sp³-hybridized carbons (Fsp3) is 0.167. The molecule has 10 heteroatoms. The number of benzene rings is 3. The molecule has 0 aliphatic carbocycles. The fourth-order valence-corrected chi connectivity index (χ4v) is 5.96. The molecule has 0 bridgehead atoms. The van der Waals surface area contributed by atoms with Crippen LogP contribution in [0.25, 0.3) is 10.8 Å². The summed E-state index contributed by atoms with van der Waals surface area (Å²) in [6.07, 6.45) is 1.55. The fourth-order valence-electron chi connectivity index (χ4n) is 3.14. The Balaban J connectivity index is 1.25. The predicted molar refractivity (Wildman–Crippen MR) is 139 cm³/mol. The summed E-state index contributed by atoms with van der Waals surface area (Å²) in [5, 5.41) is 14.9. The number of fused-ring (bicyclic) bond motifs is 1. The molecule has 0 fully saturated rings. The number of rotatable bonds is 10. The van der Waals surface area contributed by atoms with Crippen LogP contribution in [0, 0.1) is 0 Å². The molecule has 0 spiro atoms. The number of nitrogens with zero attached hydrogens (tertiary/aromatic N) is 3. The maximum absolute atomic E-state index is 12.1. The summed E-state index contributed by atoms with van der Waals surface area (Å²) in [6.45, 7) is 0. The third kappa shape index (κ3) is 6.28. The van der Waals surface area contributed by atoms with Crippen molar-refractivity contribution in [3.63, 3.8) is 0 Å². The van der Waals surface area contributed by atoms with Crippen LogP contribution in [0.1, 0.15) is 11.1 Å². The predicted octanol–water partition coefficient (Wildman–Crippen LogP) is 5.24. The van der Waals surface area contributed by atoms with Gasteiger partial charge in [-0.2, -0.15) is 5.10 Å². The lowest BCUT2D eigenvalue weighted by Gasteiger charge is -2.07. The SMILES string of the molecule is COc1ccc(/C=N/NC(=O)CSc2nnc(SCc3cccc4ccccc34)s2)cc1OC. The first-order valence-corrected chi connectivity index (χ1v) is 13.0. The van der Waals surface area contributed by atoms with Gasteiger partial charge in [0.15, 0.2) is 20.2 Å². The Morgan fingerprint density at radius 1 is 1.00 bits per heavy atom. The van der Waals surface area contributed by atoms with E-state index in [4.69, 9.17) is 9.47 Å². The Hall–Kier alpha value is -3.08. The number of amides is 1. The van der Waals surface area contributed by atoms with E-state index >= 15 is 0 Å². The van der Waals surface area contributed by atoms with E-state index < -0.39 is 0 Å². The van der Waals surface area contributed by atoms with Crippen molar-refractivity contribution >= 4 is 57.8 Å². The van der Waals surface area contributed by atoms with E-state index in [-0.39, 0.29) is 11.7 Å². The minimum atomic E-state index is -0.220. The Kier molecular flexibility index (Phi) is 8.40. The highest BCUT2D eigenvalue weighted by Crippen LogP contribution is 2.32. The summed E-state index contributed by atoms with van der Waals surface area (Å²) in [5.41, 5.74) is 4.57. The summed E-state index contributed by atoms with van der Waals surface area (Å²) in [4.78, 5) is 12.1. The number of hydrogen-bond acceptors (Lipinski definition) is 9. The van der Waals surface area contributed by atoms with Crippen molar-refractivity contribution in [1.82, 2.24) is 15.6 Å². The lowest BCUT2D eigenvalue weighted by atomic mass is 10.1. The summed E-state index contributed by atoms with van der Waals surface area (Å²) >= 11 is 4.48. The van der Waals surface area contributed by atoms with Crippen LogP contribution in [0.3, 0.4) is 0 Å². The van der Waals surface area contributed by atoms with Crippen molar-refractivity contribution in [2.24, 2.45) is 5.10 Å². The summed E-state index contributed by atoms with van der Waals surface area (Å²) in [7, 11) is 3.15. The molecule has 1 heterocycles. The van der Waals surface area contributed by atoms with Crippen LogP contribution in [0.2, 0.25) is 0 Å². The average Bonchev–Trinajstić information content (AvgIpc) is 3.34. The highest BCUT2D eigenvalue weighted by Gasteiger charge is 2.10. The van der Waals surface area contributed by atoms with Gasteiger partial charge < -0.3 is 9.47 Å². The van der Waals surface area contributed by atoms with Gasteiger partial charge in [-0.25, -0.2) is 5.43 Å². The zero-order valence-electron chi connectivity index (χ0n) is 18.6. The van der Waals surface area contributed by atoms with Crippen molar-refractivity contribution in [3.05, 3.63) is 71.8 Å². The molecule has 0 aliphatic heterocycles. The van der Waals surface area contributed by atoms with Gasteiger partial charge in [-0.3, -0.25) is 4.79 Å². The van der Waals surface area contributed by atoms with Gasteiger partial charge in [0.1, 0.15) is 0 Å². The van der Waals surface area contributed by atoms with E-state index in [1.54, 1.807) is 44.3 Å². The summed E-state index contributed by atoms with van der Waals surface area (Å²) in [5.74, 6) is 2.02. The van der Waals surface area contributed by atoms with E-state index in [9.17, 15) is 4.79 Å². The number of hydrazone groups is 1. The number of nitrogens with one attached hydrogen (secondary N) is 1. The number of hydrogen-bond donors (Lipinski definition) is 1. The average molecular weight is 511 g/mol. The highest BCUT2D eigenvalue weighted by atomic mass is 32.2. The van der Waals surface area contributed by atoms with Crippen LogP contribution in [-0.2, 0) is 10.5 Å². The summed E-state index contributed by atoms with van der Waals surface area (Å²) in [6, 6.07) is 20.1. The van der Waals surface area contributed by atoms with Crippen LogP contribution < -0.4 is 14.9 Å². The second-order valence-corrected chi connectivity index (χ2v) is 10.4. The molecule has 174 valence electrons. The number of carbonyl (C=O) groups excluding carboxylic acids is 1. The van der Waals surface area contributed by atoms with Gasteiger partial charge in [-0.05, 0) is 40.1 Å². The minimum Gasteiger partial charge on any atom is -0.493 e.